The van der Waals surface area contributed by atoms with Crippen molar-refractivity contribution < 1.29 is 18.3 Å². The van der Waals surface area contributed by atoms with Crippen LogP contribution in [-0.2, 0) is 16.1 Å². The first-order valence-corrected chi connectivity index (χ1v) is 11.9. The van der Waals surface area contributed by atoms with Gasteiger partial charge in [-0.15, -0.1) is 10.2 Å². The number of amides is 1. The van der Waals surface area contributed by atoms with Crippen molar-refractivity contribution in [1.82, 2.24) is 19.7 Å². The molecule has 6 nitrogen and oxygen atoms in total. The quantitative estimate of drug-likeness (QED) is 0.291. The van der Waals surface area contributed by atoms with E-state index in [0.29, 0.717) is 41.9 Å². The number of hydrogen-bond donors (Lipinski definition) is 0. The maximum Gasteiger partial charge on any atom is 0.233 e. The zero-order valence-electron chi connectivity index (χ0n) is 19.1. The summed E-state index contributed by atoms with van der Waals surface area (Å²) in [6, 6.07) is 21.5. The second kappa shape index (κ2) is 11.7. The van der Waals surface area contributed by atoms with Crippen LogP contribution in [0.3, 0.4) is 0 Å². The smallest absolute Gasteiger partial charge is 0.233 e. The van der Waals surface area contributed by atoms with Gasteiger partial charge >= 0.3 is 0 Å². The van der Waals surface area contributed by atoms with Crippen molar-refractivity contribution in [2.45, 2.75) is 11.7 Å². The van der Waals surface area contributed by atoms with Crippen molar-refractivity contribution in [2.75, 3.05) is 26.0 Å². The fourth-order valence-corrected chi connectivity index (χ4v) is 4.34. The van der Waals surface area contributed by atoms with Crippen LogP contribution in [-0.4, -0.2) is 51.6 Å². The van der Waals surface area contributed by atoms with Crippen molar-refractivity contribution in [1.29, 1.82) is 0 Å². The number of hydrogen-bond acceptors (Lipinski definition) is 5. The minimum Gasteiger partial charge on any atom is -0.383 e. The van der Waals surface area contributed by atoms with E-state index < -0.39 is 0 Å². The highest BCUT2D eigenvalue weighted by Crippen LogP contribution is 2.28. The second-order valence-electron chi connectivity index (χ2n) is 7.71. The van der Waals surface area contributed by atoms with Gasteiger partial charge in [0, 0.05) is 31.5 Å². The summed E-state index contributed by atoms with van der Waals surface area (Å²) in [5, 5.41) is 9.04. The zero-order chi connectivity index (χ0) is 24.6. The molecule has 0 unspecified atom stereocenters. The standard InChI is InChI=1S/C26H24F2N4O2S/c1-34-16-15-31(17-19-5-3-2-4-6-19)24(33)18-35-26-30-29-25(20-7-9-21(27)10-8-20)32(26)23-13-11-22(28)12-14-23/h2-14H,15-18H2,1H3. The van der Waals surface area contributed by atoms with Crippen LogP contribution >= 0.6 is 11.8 Å². The normalized spacial score (nSPS) is 10.9. The van der Waals surface area contributed by atoms with Crippen molar-refractivity contribution in [2.24, 2.45) is 0 Å². The lowest BCUT2D eigenvalue weighted by atomic mass is 10.2. The van der Waals surface area contributed by atoms with Gasteiger partial charge < -0.3 is 9.64 Å². The maximum atomic E-state index is 13.6. The highest BCUT2D eigenvalue weighted by molar-refractivity contribution is 7.99. The Balaban J connectivity index is 1.58. The first-order valence-electron chi connectivity index (χ1n) is 11.0. The molecular formula is C26H24F2N4O2S. The Morgan fingerprint density at radius 2 is 1.60 bits per heavy atom. The van der Waals surface area contributed by atoms with E-state index in [1.54, 1.807) is 40.8 Å². The molecule has 1 heterocycles. The third-order valence-corrected chi connectivity index (χ3v) is 6.19. The minimum absolute atomic E-state index is 0.0760. The van der Waals surface area contributed by atoms with E-state index in [1.165, 1.54) is 36.0 Å². The highest BCUT2D eigenvalue weighted by atomic mass is 32.2. The lowest BCUT2D eigenvalue weighted by Crippen LogP contribution is -2.34. The Hall–Kier alpha value is -3.56. The third kappa shape index (κ3) is 6.32. The first kappa shape index (κ1) is 24.6. The number of carbonyl (C=O) groups is 1. The largest absolute Gasteiger partial charge is 0.383 e. The fourth-order valence-electron chi connectivity index (χ4n) is 3.49. The van der Waals surface area contributed by atoms with Crippen molar-refractivity contribution in [3.05, 3.63) is 96.1 Å². The average Bonchev–Trinajstić information content (AvgIpc) is 3.30. The Morgan fingerprint density at radius 1 is 0.943 bits per heavy atom. The van der Waals surface area contributed by atoms with Gasteiger partial charge in [0.15, 0.2) is 11.0 Å². The molecule has 0 radical (unpaired) electrons. The summed E-state index contributed by atoms with van der Waals surface area (Å²) >= 11 is 1.23. The molecule has 0 fully saturated rings. The van der Waals surface area contributed by atoms with Crippen LogP contribution in [0.15, 0.2) is 84.0 Å². The molecule has 0 aliphatic carbocycles. The summed E-state index contributed by atoms with van der Waals surface area (Å²) in [7, 11) is 1.60. The predicted molar refractivity (Wildman–Crippen MR) is 131 cm³/mol. The summed E-state index contributed by atoms with van der Waals surface area (Å²) in [4.78, 5) is 14.9. The molecule has 1 amide bonds. The molecule has 9 heteroatoms. The van der Waals surface area contributed by atoms with Crippen LogP contribution in [0.4, 0.5) is 8.78 Å². The Labute approximate surface area is 206 Å². The molecule has 0 saturated heterocycles. The second-order valence-corrected chi connectivity index (χ2v) is 8.65. The molecule has 0 bridgehead atoms. The van der Waals surface area contributed by atoms with Crippen LogP contribution < -0.4 is 0 Å². The van der Waals surface area contributed by atoms with E-state index in [4.69, 9.17) is 4.74 Å². The molecule has 0 spiro atoms. The summed E-state index contributed by atoms with van der Waals surface area (Å²) in [6.45, 7) is 1.34. The van der Waals surface area contributed by atoms with E-state index in [2.05, 4.69) is 10.2 Å². The van der Waals surface area contributed by atoms with Gasteiger partial charge in [-0.25, -0.2) is 8.78 Å². The summed E-state index contributed by atoms with van der Waals surface area (Å²) in [5.41, 5.74) is 2.30. The predicted octanol–water partition coefficient (Wildman–Crippen LogP) is 4.98. The van der Waals surface area contributed by atoms with Gasteiger partial charge in [-0.05, 0) is 54.1 Å². The maximum absolute atomic E-state index is 13.6. The molecule has 180 valence electrons. The van der Waals surface area contributed by atoms with Gasteiger partial charge in [0.05, 0.1) is 12.4 Å². The number of halogens is 2. The SMILES string of the molecule is COCCN(Cc1ccccc1)C(=O)CSc1nnc(-c2ccc(F)cc2)n1-c1ccc(F)cc1. The van der Waals surface area contributed by atoms with Crippen LogP contribution in [0.25, 0.3) is 17.1 Å². The van der Waals surface area contributed by atoms with Gasteiger partial charge in [0.1, 0.15) is 11.6 Å². The molecule has 35 heavy (non-hydrogen) atoms. The van der Waals surface area contributed by atoms with Crippen molar-refractivity contribution in [3.8, 4) is 17.1 Å². The number of nitrogens with zero attached hydrogens (tertiary/aromatic N) is 4. The zero-order valence-corrected chi connectivity index (χ0v) is 19.9. The Kier molecular flexibility index (Phi) is 8.23. The third-order valence-electron chi connectivity index (χ3n) is 5.28. The fraction of sp³-hybridized carbons (Fsp3) is 0.192. The molecule has 0 saturated carbocycles. The number of ether oxygens (including phenoxy) is 1. The minimum atomic E-state index is -0.371. The topological polar surface area (TPSA) is 60.2 Å². The monoisotopic (exact) mass is 494 g/mol. The number of carbonyl (C=O) groups excluding carboxylic acids is 1. The molecule has 0 atom stereocenters. The Bertz CT molecular complexity index is 1250. The van der Waals surface area contributed by atoms with Gasteiger partial charge in [0.2, 0.25) is 5.91 Å². The summed E-state index contributed by atoms with van der Waals surface area (Å²) in [5.74, 6) is -0.222. The van der Waals surface area contributed by atoms with Crippen LogP contribution in [0, 0.1) is 11.6 Å². The first-order chi connectivity index (χ1) is 17.0. The van der Waals surface area contributed by atoms with Crippen LogP contribution in [0.5, 0.6) is 0 Å². The number of thioether (sulfide) groups is 1. The highest BCUT2D eigenvalue weighted by Gasteiger charge is 2.20. The van der Waals surface area contributed by atoms with Crippen molar-refractivity contribution in [3.63, 3.8) is 0 Å². The summed E-state index contributed by atoms with van der Waals surface area (Å²) < 4.78 is 34.0. The molecule has 4 rings (SSSR count). The molecule has 0 aliphatic heterocycles. The molecule has 4 aromatic rings. The van der Waals surface area contributed by atoms with Gasteiger partial charge in [0.25, 0.3) is 0 Å². The number of aromatic nitrogens is 3. The van der Waals surface area contributed by atoms with E-state index >= 15 is 0 Å². The molecule has 0 N–H and O–H groups in total. The van der Waals surface area contributed by atoms with Crippen LogP contribution in [0.2, 0.25) is 0 Å². The van der Waals surface area contributed by atoms with E-state index in [9.17, 15) is 13.6 Å². The molecular weight excluding hydrogens is 470 g/mol. The van der Waals surface area contributed by atoms with Gasteiger partial charge in [-0.2, -0.15) is 0 Å². The lowest BCUT2D eigenvalue weighted by Gasteiger charge is -2.22. The lowest BCUT2D eigenvalue weighted by molar-refractivity contribution is -0.129. The number of rotatable bonds is 10. The van der Waals surface area contributed by atoms with Gasteiger partial charge in [-0.3, -0.25) is 9.36 Å². The molecule has 1 aromatic heterocycles. The number of methoxy groups -OCH3 is 1. The van der Waals surface area contributed by atoms with Crippen molar-refractivity contribution >= 4 is 17.7 Å². The Morgan fingerprint density at radius 3 is 2.26 bits per heavy atom. The van der Waals surface area contributed by atoms with Gasteiger partial charge in [-0.1, -0.05) is 42.1 Å². The van der Waals surface area contributed by atoms with E-state index in [-0.39, 0.29) is 23.3 Å². The number of benzene rings is 3. The van der Waals surface area contributed by atoms with E-state index in [1.807, 2.05) is 30.3 Å². The summed E-state index contributed by atoms with van der Waals surface area (Å²) in [6.07, 6.45) is 0. The molecule has 3 aromatic carbocycles. The molecule has 0 aliphatic rings. The van der Waals surface area contributed by atoms with E-state index in [0.717, 1.165) is 5.56 Å². The van der Waals surface area contributed by atoms with Crippen LogP contribution in [0.1, 0.15) is 5.56 Å². The average molecular weight is 495 g/mol.